The van der Waals surface area contributed by atoms with Crippen molar-refractivity contribution >= 4 is 33.1 Å². The van der Waals surface area contributed by atoms with Crippen molar-refractivity contribution < 1.29 is 9.47 Å². The highest BCUT2D eigenvalue weighted by atomic mass is 31.1. The summed E-state index contributed by atoms with van der Waals surface area (Å²) in [5, 5.41) is 3.86. The van der Waals surface area contributed by atoms with Crippen LogP contribution in [-0.4, -0.2) is 20.4 Å². The molecule has 0 saturated heterocycles. The van der Waals surface area contributed by atoms with Crippen molar-refractivity contribution in [3.8, 4) is 11.5 Å². The molecule has 0 N–H and O–H groups in total. The van der Waals surface area contributed by atoms with Crippen LogP contribution in [0.25, 0.3) is 0 Å². The molecule has 4 aromatic carbocycles. The van der Waals surface area contributed by atoms with Crippen LogP contribution >= 0.6 is 17.2 Å². The van der Waals surface area contributed by atoms with Gasteiger partial charge in [0.05, 0.1) is 14.2 Å². The number of aryl methyl sites for hydroxylation is 1. The van der Waals surface area contributed by atoms with Crippen LogP contribution in [-0.2, 0) is 6.42 Å². The van der Waals surface area contributed by atoms with E-state index >= 15 is 0 Å². The molecule has 0 fully saturated rings. The monoisotopic (exact) mass is 474 g/mol. The van der Waals surface area contributed by atoms with E-state index < -0.39 is 7.92 Å². The number of hydrogen-bond acceptors (Lipinski definition) is 2. The number of para-hydroxylation sites is 2. The minimum atomic E-state index is -0.399. The fourth-order valence-electron chi connectivity index (χ4n) is 3.60. The molecule has 2 unspecified atom stereocenters. The highest BCUT2D eigenvalue weighted by Crippen LogP contribution is 2.38. The summed E-state index contributed by atoms with van der Waals surface area (Å²) in [5.41, 5.74) is 1.42. The summed E-state index contributed by atoms with van der Waals surface area (Å²) in [7, 11) is 5.64. The molecule has 2 atom stereocenters. The Balaban J connectivity index is 0.000000286. The minimum Gasteiger partial charge on any atom is -0.496 e. The molecule has 0 radical (unpaired) electrons. The molecule has 0 spiro atoms. The second kappa shape index (κ2) is 13.8. The van der Waals surface area contributed by atoms with Gasteiger partial charge in [-0.2, -0.15) is 0 Å². The van der Waals surface area contributed by atoms with E-state index in [0.717, 1.165) is 23.2 Å². The van der Waals surface area contributed by atoms with Crippen LogP contribution in [0.4, 0.5) is 0 Å². The zero-order valence-electron chi connectivity index (χ0n) is 19.4. The summed E-state index contributed by atoms with van der Waals surface area (Å²) in [6, 6.07) is 37.9. The molecular formula is C29H32O2P2. The number of hydrogen-bond donors (Lipinski definition) is 0. The van der Waals surface area contributed by atoms with Crippen molar-refractivity contribution in [3.63, 3.8) is 0 Å². The molecule has 0 saturated carbocycles. The molecule has 0 aliphatic carbocycles. The Hall–Kier alpha value is -2.66. The lowest BCUT2D eigenvalue weighted by atomic mass is 10.1. The Bertz CT molecular complexity index is 1080. The van der Waals surface area contributed by atoms with E-state index in [0.29, 0.717) is 0 Å². The summed E-state index contributed by atoms with van der Waals surface area (Å²) in [5.74, 6) is 1.93. The second-order valence-electron chi connectivity index (χ2n) is 7.49. The smallest absolute Gasteiger partial charge is 0.126 e. The third-order valence-electron chi connectivity index (χ3n) is 5.27. The number of ether oxygens (including phenoxy) is 2. The van der Waals surface area contributed by atoms with Gasteiger partial charge in [-0.15, -0.1) is 9.24 Å². The number of benzene rings is 4. The van der Waals surface area contributed by atoms with Gasteiger partial charge < -0.3 is 9.47 Å². The Morgan fingerprint density at radius 2 is 1.18 bits per heavy atom. The average Bonchev–Trinajstić information content (AvgIpc) is 2.88. The number of methoxy groups -OCH3 is 2. The van der Waals surface area contributed by atoms with Crippen LogP contribution in [0.15, 0.2) is 109 Å². The first-order chi connectivity index (χ1) is 16.2. The third-order valence-corrected chi connectivity index (χ3v) is 8.39. The van der Waals surface area contributed by atoms with E-state index in [2.05, 4.69) is 88.1 Å². The lowest BCUT2D eigenvalue weighted by molar-refractivity contribution is 0.418. The van der Waals surface area contributed by atoms with Gasteiger partial charge in [-0.1, -0.05) is 97.1 Å². The van der Waals surface area contributed by atoms with Gasteiger partial charge in [-0.3, -0.25) is 0 Å². The fourth-order valence-corrected chi connectivity index (χ4v) is 6.41. The van der Waals surface area contributed by atoms with Crippen LogP contribution in [0, 0.1) is 0 Å². The Morgan fingerprint density at radius 1 is 0.636 bits per heavy atom. The van der Waals surface area contributed by atoms with E-state index in [4.69, 9.17) is 9.47 Å². The highest BCUT2D eigenvalue weighted by Gasteiger charge is 2.17. The zero-order chi connectivity index (χ0) is 23.3. The second-order valence-corrected chi connectivity index (χ2v) is 10.4. The maximum Gasteiger partial charge on any atom is 0.126 e. The summed E-state index contributed by atoms with van der Waals surface area (Å²) in [4.78, 5) is 0. The molecule has 4 rings (SSSR count). The normalized spacial score (nSPS) is 11.1. The van der Waals surface area contributed by atoms with Crippen LogP contribution in [0.2, 0.25) is 0 Å². The largest absolute Gasteiger partial charge is 0.496 e. The molecule has 4 aromatic rings. The topological polar surface area (TPSA) is 18.5 Å². The Labute approximate surface area is 201 Å². The maximum atomic E-state index is 5.63. The lowest BCUT2D eigenvalue weighted by Crippen LogP contribution is -2.16. The molecule has 0 bridgehead atoms. The molecule has 0 aromatic heterocycles. The standard InChI is InChI=1S/C22H23OP.C7H9OP/c1-23-21-16-8-9-17-22(21)24(20-14-6-3-7-15-20)18-10-13-19-11-4-2-5-12-19;1-8-6-4-2-3-5-7(6)9/h2-9,11-12,14-17H,10,13,18H2,1H3;2-5H,9H2,1H3. The van der Waals surface area contributed by atoms with Crippen molar-refractivity contribution in [1.82, 2.24) is 0 Å². The van der Waals surface area contributed by atoms with Crippen LogP contribution < -0.4 is 25.4 Å². The molecule has 0 aliphatic rings. The van der Waals surface area contributed by atoms with Crippen molar-refractivity contribution in [2.45, 2.75) is 12.8 Å². The fraction of sp³-hybridized carbons (Fsp3) is 0.172. The number of rotatable bonds is 8. The van der Waals surface area contributed by atoms with Crippen LogP contribution in [0.3, 0.4) is 0 Å². The predicted molar refractivity (Wildman–Crippen MR) is 148 cm³/mol. The summed E-state index contributed by atoms with van der Waals surface area (Å²) in [6.07, 6.45) is 3.49. The van der Waals surface area contributed by atoms with Gasteiger partial charge in [-0.25, -0.2) is 0 Å². The quantitative estimate of drug-likeness (QED) is 0.294. The lowest BCUT2D eigenvalue weighted by Gasteiger charge is -2.21. The van der Waals surface area contributed by atoms with E-state index in [9.17, 15) is 0 Å². The van der Waals surface area contributed by atoms with E-state index in [1.54, 1.807) is 14.2 Å². The molecule has 170 valence electrons. The minimum absolute atomic E-state index is 0.399. The van der Waals surface area contributed by atoms with Gasteiger partial charge >= 0.3 is 0 Å². The van der Waals surface area contributed by atoms with Crippen LogP contribution in [0.5, 0.6) is 11.5 Å². The molecule has 0 aliphatic heterocycles. The molecular weight excluding hydrogens is 442 g/mol. The van der Waals surface area contributed by atoms with Gasteiger partial charge in [-0.05, 0) is 49.9 Å². The predicted octanol–water partition coefficient (Wildman–Crippen LogP) is 5.96. The summed E-state index contributed by atoms with van der Waals surface area (Å²) >= 11 is 0. The molecule has 4 heteroatoms. The van der Waals surface area contributed by atoms with E-state index in [-0.39, 0.29) is 0 Å². The Kier molecular flexibility index (Phi) is 10.4. The molecule has 0 heterocycles. The highest BCUT2D eigenvalue weighted by molar-refractivity contribution is 7.73. The van der Waals surface area contributed by atoms with Gasteiger partial charge in [0.2, 0.25) is 0 Å². The molecule has 0 amide bonds. The van der Waals surface area contributed by atoms with Gasteiger partial charge in [0.1, 0.15) is 11.5 Å². The Morgan fingerprint density at radius 3 is 1.79 bits per heavy atom. The zero-order valence-corrected chi connectivity index (χ0v) is 21.4. The van der Waals surface area contributed by atoms with Gasteiger partial charge in [0.25, 0.3) is 0 Å². The molecule has 33 heavy (non-hydrogen) atoms. The first kappa shape index (κ1) is 25.0. The third kappa shape index (κ3) is 7.71. The first-order valence-corrected chi connectivity index (χ1v) is 13.2. The summed E-state index contributed by atoms with van der Waals surface area (Å²) < 4.78 is 10.7. The van der Waals surface area contributed by atoms with Crippen molar-refractivity contribution in [1.29, 1.82) is 0 Å². The first-order valence-electron chi connectivity index (χ1n) is 11.1. The van der Waals surface area contributed by atoms with Crippen molar-refractivity contribution in [2.75, 3.05) is 20.4 Å². The summed E-state index contributed by atoms with van der Waals surface area (Å²) in [6.45, 7) is 0. The maximum absolute atomic E-state index is 5.63. The van der Waals surface area contributed by atoms with Crippen molar-refractivity contribution in [2.24, 2.45) is 0 Å². The van der Waals surface area contributed by atoms with E-state index in [1.807, 2.05) is 30.3 Å². The van der Waals surface area contributed by atoms with Gasteiger partial charge in [0, 0.05) is 10.6 Å². The van der Waals surface area contributed by atoms with Crippen molar-refractivity contribution in [3.05, 3.63) is 115 Å². The average molecular weight is 475 g/mol. The van der Waals surface area contributed by atoms with E-state index in [1.165, 1.54) is 28.8 Å². The SMILES string of the molecule is COc1ccccc1P.COc1ccccc1P(CCCc1ccccc1)c1ccccc1. The molecule has 2 nitrogen and oxygen atoms in total. The van der Waals surface area contributed by atoms with Gasteiger partial charge in [0.15, 0.2) is 0 Å². The van der Waals surface area contributed by atoms with Crippen LogP contribution in [0.1, 0.15) is 12.0 Å².